The van der Waals surface area contributed by atoms with E-state index in [1.165, 1.54) is 0 Å². The minimum absolute atomic E-state index is 0.410. The molecule has 0 aliphatic rings. The lowest BCUT2D eigenvalue weighted by Crippen LogP contribution is -1.84. The Morgan fingerprint density at radius 1 is 1.50 bits per heavy atom. The zero-order valence-corrected chi connectivity index (χ0v) is 6.57. The van der Waals surface area contributed by atoms with E-state index in [-0.39, 0.29) is 0 Å². The molecule has 1 aromatic carbocycles. The number of hydrogen-bond acceptors (Lipinski definition) is 4. The molecular formula is C8H8N2O2. The Bertz CT molecular complexity index is 408. The van der Waals surface area contributed by atoms with Gasteiger partial charge in [0, 0.05) is 6.07 Å². The number of benzene rings is 1. The van der Waals surface area contributed by atoms with Crippen LogP contribution in [0.5, 0.6) is 5.75 Å². The average molecular weight is 164 g/mol. The molecule has 2 aromatic rings. The van der Waals surface area contributed by atoms with Crippen LogP contribution in [0.4, 0.5) is 5.82 Å². The molecule has 0 aliphatic carbocycles. The molecule has 0 radical (unpaired) electrons. The van der Waals surface area contributed by atoms with Gasteiger partial charge in [0.1, 0.15) is 5.75 Å². The third-order valence-corrected chi connectivity index (χ3v) is 1.71. The van der Waals surface area contributed by atoms with Crippen LogP contribution in [0.25, 0.3) is 11.0 Å². The third-order valence-electron chi connectivity index (χ3n) is 1.71. The molecule has 0 bridgehead atoms. The second kappa shape index (κ2) is 2.41. The predicted molar refractivity (Wildman–Crippen MR) is 45.0 cm³/mol. The van der Waals surface area contributed by atoms with Crippen molar-refractivity contribution < 1.29 is 9.26 Å². The van der Waals surface area contributed by atoms with Crippen molar-refractivity contribution in [3.63, 3.8) is 0 Å². The number of ether oxygens (including phenoxy) is 1. The van der Waals surface area contributed by atoms with Crippen molar-refractivity contribution in [1.82, 2.24) is 5.16 Å². The van der Waals surface area contributed by atoms with Gasteiger partial charge in [-0.1, -0.05) is 5.16 Å². The van der Waals surface area contributed by atoms with E-state index >= 15 is 0 Å². The maximum absolute atomic E-state index is 5.52. The van der Waals surface area contributed by atoms with Crippen molar-refractivity contribution in [2.75, 3.05) is 12.8 Å². The molecule has 0 atom stereocenters. The first-order valence-electron chi connectivity index (χ1n) is 3.50. The molecule has 2 N–H and O–H groups in total. The summed E-state index contributed by atoms with van der Waals surface area (Å²) in [7, 11) is 1.60. The van der Waals surface area contributed by atoms with Gasteiger partial charge in [0.2, 0.25) is 0 Å². The Morgan fingerprint density at radius 2 is 2.33 bits per heavy atom. The number of hydrogen-bond donors (Lipinski definition) is 1. The fourth-order valence-electron chi connectivity index (χ4n) is 1.06. The van der Waals surface area contributed by atoms with E-state index in [1.54, 1.807) is 13.2 Å². The van der Waals surface area contributed by atoms with E-state index in [9.17, 15) is 0 Å². The Kier molecular flexibility index (Phi) is 1.40. The SMILES string of the molecule is COc1ccc2c(N)noc2c1. The van der Waals surface area contributed by atoms with Crippen LogP contribution in [0.1, 0.15) is 0 Å². The minimum atomic E-state index is 0.410. The van der Waals surface area contributed by atoms with Crippen molar-refractivity contribution in [1.29, 1.82) is 0 Å². The topological polar surface area (TPSA) is 61.3 Å². The standard InChI is InChI=1S/C8H8N2O2/c1-11-5-2-3-6-7(4-5)12-10-8(6)9/h2-4H,1H3,(H2,9,10). The highest BCUT2D eigenvalue weighted by molar-refractivity contribution is 5.87. The lowest BCUT2D eigenvalue weighted by molar-refractivity contribution is 0.412. The molecule has 12 heavy (non-hydrogen) atoms. The van der Waals surface area contributed by atoms with Gasteiger partial charge in [0.15, 0.2) is 11.4 Å². The average Bonchev–Trinajstić information content (AvgIpc) is 2.47. The summed E-state index contributed by atoms with van der Waals surface area (Å²) in [5, 5.41) is 4.43. The van der Waals surface area contributed by atoms with Crippen molar-refractivity contribution >= 4 is 16.8 Å². The zero-order valence-electron chi connectivity index (χ0n) is 6.57. The molecule has 62 valence electrons. The fraction of sp³-hybridized carbons (Fsp3) is 0.125. The highest BCUT2D eigenvalue weighted by Gasteiger charge is 2.04. The summed E-state index contributed by atoms with van der Waals surface area (Å²) in [6, 6.07) is 5.38. The fourth-order valence-corrected chi connectivity index (χ4v) is 1.06. The molecule has 0 saturated carbocycles. The Labute approximate surface area is 68.9 Å². The van der Waals surface area contributed by atoms with Gasteiger partial charge < -0.3 is 15.0 Å². The summed E-state index contributed by atoms with van der Waals surface area (Å²) in [4.78, 5) is 0. The molecule has 4 nitrogen and oxygen atoms in total. The van der Waals surface area contributed by atoms with Gasteiger partial charge in [-0.25, -0.2) is 0 Å². The van der Waals surface area contributed by atoms with Crippen LogP contribution < -0.4 is 10.5 Å². The lowest BCUT2D eigenvalue weighted by Gasteiger charge is -1.96. The van der Waals surface area contributed by atoms with E-state index in [0.29, 0.717) is 11.4 Å². The number of anilines is 1. The number of methoxy groups -OCH3 is 1. The van der Waals surface area contributed by atoms with Crippen molar-refractivity contribution in [3.05, 3.63) is 18.2 Å². The van der Waals surface area contributed by atoms with E-state index in [2.05, 4.69) is 5.16 Å². The van der Waals surface area contributed by atoms with Crippen LogP contribution >= 0.6 is 0 Å². The van der Waals surface area contributed by atoms with E-state index in [0.717, 1.165) is 11.1 Å². The van der Waals surface area contributed by atoms with Crippen LogP contribution in [0, 0.1) is 0 Å². The number of nitrogen functional groups attached to an aromatic ring is 1. The second-order valence-corrected chi connectivity index (χ2v) is 2.43. The highest BCUT2D eigenvalue weighted by atomic mass is 16.5. The first-order chi connectivity index (χ1) is 5.81. The van der Waals surface area contributed by atoms with Crippen LogP contribution in [0.15, 0.2) is 22.7 Å². The second-order valence-electron chi connectivity index (χ2n) is 2.43. The number of rotatable bonds is 1. The molecule has 2 rings (SSSR count). The Morgan fingerprint density at radius 3 is 3.08 bits per heavy atom. The summed E-state index contributed by atoms with van der Waals surface area (Å²) >= 11 is 0. The summed E-state index contributed by atoms with van der Waals surface area (Å²) in [5.41, 5.74) is 6.17. The summed E-state index contributed by atoms with van der Waals surface area (Å²) in [6.45, 7) is 0. The van der Waals surface area contributed by atoms with Crippen molar-refractivity contribution in [2.24, 2.45) is 0 Å². The van der Waals surface area contributed by atoms with Crippen molar-refractivity contribution in [2.45, 2.75) is 0 Å². The van der Waals surface area contributed by atoms with E-state index < -0.39 is 0 Å². The first-order valence-corrected chi connectivity index (χ1v) is 3.50. The first kappa shape index (κ1) is 6.97. The van der Waals surface area contributed by atoms with Crippen LogP contribution in [0.2, 0.25) is 0 Å². The van der Waals surface area contributed by atoms with Gasteiger partial charge in [-0.15, -0.1) is 0 Å². The molecule has 1 heterocycles. The normalized spacial score (nSPS) is 10.4. The summed E-state index contributed by atoms with van der Waals surface area (Å²) < 4.78 is 9.94. The molecule has 0 amide bonds. The van der Waals surface area contributed by atoms with Crippen LogP contribution in [-0.2, 0) is 0 Å². The number of aromatic nitrogens is 1. The van der Waals surface area contributed by atoms with Crippen LogP contribution in [-0.4, -0.2) is 12.3 Å². The molecule has 0 fully saturated rings. The molecule has 0 unspecified atom stereocenters. The molecule has 1 aromatic heterocycles. The van der Waals surface area contributed by atoms with Gasteiger partial charge in [-0.05, 0) is 12.1 Å². The molecule has 0 aliphatic heterocycles. The summed E-state index contributed by atoms with van der Waals surface area (Å²) in [6.07, 6.45) is 0. The van der Waals surface area contributed by atoms with Crippen molar-refractivity contribution in [3.8, 4) is 5.75 Å². The maximum atomic E-state index is 5.52. The summed E-state index contributed by atoms with van der Waals surface area (Å²) in [5.74, 6) is 1.14. The van der Waals surface area contributed by atoms with Gasteiger partial charge in [-0.3, -0.25) is 0 Å². The largest absolute Gasteiger partial charge is 0.497 e. The smallest absolute Gasteiger partial charge is 0.174 e. The van der Waals surface area contributed by atoms with Gasteiger partial charge >= 0.3 is 0 Å². The molecule has 0 saturated heterocycles. The third kappa shape index (κ3) is 0.887. The van der Waals surface area contributed by atoms with Gasteiger partial charge in [0.05, 0.1) is 12.5 Å². The van der Waals surface area contributed by atoms with Crippen LogP contribution in [0.3, 0.4) is 0 Å². The zero-order chi connectivity index (χ0) is 8.55. The maximum Gasteiger partial charge on any atom is 0.174 e. The molecular weight excluding hydrogens is 156 g/mol. The van der Waals surface area contributed by atoms with E-state index in [4.69, 9.17) is 15.0 Å². The molecule has 0 spiro atoms. The minimum Gasteiger partial charge on any atom is -0.497 e. The van der Waals surface area contributed by atoms with Gasteiger partial charge in [0.25, 0.3) is 0 Å². The van der Waals surface area contributed by atoms with Gasteiger partial charge in [-0.2, -0.15) is 0 Å². The number of nitrogens with two attached hydrogens (primary N) is 1. The lowest BCUT2D eigenvalue weighted by atomic mass is 10.2. The number of fused-ring (bicyclic) bond motifs is 1. The number of nitrogens with zero attached hydrogens (tertiary/aromatic N) is 1. The Hall–Kier alpha value is -1.71. The quantitative estimate of drug-likeness (QED) is 0.692. The highest BCUT2D eigenvalue weighted by Crippen LogP contribution is 2.24. The monoisotopic (exact) mass is 164 g/mol. The van der Waals surface area contributed by atoms with E-state index in [1.807, 2.05) is 12.1 Å². The predicted octanol–water partition coefficient (Wildman–Crippen LogP) is 1.42. The Balaban J connectivity index is 2.69. The molecule has 4 heteroatoms.